The molecule has 1 fully saturated rings. The van der Waals surface area contributed by atoms with Crippen molar-refractivity contribution in [3.63, 3.8) is 0 Å². The number of nitrogens with zero attached hydrogens (tertiary/aromatic N) is 2. The summed E-state index contributed by atoms with van der Waals surface area (Å²) in [6, 6.07) is 8.75. The van der Waals surface area contributed by atoms with Gasteiger partial charge in [-0.1, -0.05) is 18.2 Å². The van der Waals surface area contributed by atoms with Crippen LogP contribution in [0.3, 0.4) is 0 Å². The van der Waals surface area contributed by atoms with Gasteiger partial charge in [-0.15, -0.1) is 0 Å². The first kappa shape index (κ1) is 17.5. The zero-order chi connectivity index (χ0) is 18.0. The van der Waals surface area contributed by atoms with Crippen molar-refractivity contribution in [1.29, 1.82) is 0 Å². The Hall–Kier alpha value is -2.35. The zero-order valence-electron chi connectivity index (χ0n) is 14.2. The van der Waals surface area contributed by atoms with Crippen LogP contribution in [-0.2, 0) is 10.0 Å². The van der Waals surface area contributed by atoms with E-state index in [1.54, 1.807) is 38.1 Å². The van der Waals surface area contributed by atoms with E-state index in [1.165, 1.54) is 4.90 Å². The number of likely N-dealkylation sites (tertiary alicyclic amines) is 1. The molecule has 3 rings (SSSR count). The first-order valence-corrected chi connectivity index (χ1v) is 9.71. The van der Waals surface area contributed by atoms with E-state index in [0.29, 0.717) is 36.7 Å². The number of amides is 1. The molecule has 0 spiro atoms. The summed E-state index contributed by atoms with van der Waals surface area (Å²) in [6.07, 6.45) is 1.14. The first-order valence-electron chi connectivity index (χ1n) is 8.17. The number of aryl methyl sites for hydroxylation is 2. The highest BCUT2D eigenvalue weighted by atomic mass is 32.2. The van der Waals surface area contributed by atoms with Crippen LogP contribution in [0.25, 0.3) is 0 Å². The molecule has 0 bridgehead atoms. The highest BCUT2D eigenvalue weighted by Crippen LogP contribution is 2.22. The monoisotopic (exact) mass is 363 g/mol. The van der Waals surface area contributed by atoms with Crippen LogP contribution in [0.2, 0.25) is 0 Å². The highest BCUT2D eigenvalue weighted by Gasteiger charge is 2.34. The molecule has 8 heteroatoms. The van der Waals surface area contributed by atoms with Gasteiger partial charge in [0.05, 0.1) is 10.9 Å². The minimum atomic E-state index is -3.58. The van der Waals surface area contributed by atoms with E-state index in [0.717, 1.165) is 0 Å². The van der Waals surface area contributed by atoms with E-state index in [1.807, 2.05) is 6.07 Å². The van der Waals surface area contributed by atoms with Crippen molar-refractivity contribution in [3.05, 3.63) is 47.7 Å². The van der Waals surface area contributed by atoms with Crippen molar-refractivity contribution < 1.29 is 17.6 Å². The number of anilines is 1. The number of oxazole rings is 1. The van der Waals surface area contributed by atoms with Crippen molar-refractivity contribution in [2.24, 2.45) is 0 Å². The average molecular weight is 363 g/mol. The van der Waals surface area contributed by atoms with Crippen molar-refractivity contribution >= 4 is 21.6 Å². The fourth-order valence-corrected chi connectivity index (χ4v) is 4.49. The van der Waals surface area contributed by atoms with E-state index < -0.39 is 15.3 Å². The molecule has 2 aromatic rings. The van der Waals surface area contributed by atoms with E-state index in [4.69, 9.17) is 4.42 Å². The van der Waals surface area contributed by atoms with E-state index in [9.17, 15) is 13.2 Å². The molecule has 1 N–H and O–H groups in total. The first-order chi connectivity index (χ1) is 11.9. The topological polar surface area (TPSA) is 92.5 Å². The van der Waals surface area contributed by atoms with Gasteiger partial charge < -0.3 is 9.32 Å². The van der Waals surface area contributed by atoms with Gasteiger partial charge in [-0.3, -0.25) is 9.52 Å². The van der Waals surface area contributed by atoms with Crippen LogP contribution in [0.4, 0.5) is 5.69 Å². The second-order valence-electron chi connectivity index (χ2n) is 6.18. The van der Waals surface area contributed by atoms with Crippen LogP contribution in [0.15, 0.2) is 34.7 Å². The third-order valence-electron chi connectivity index (χ3n) is 4.24. The molecule has 134 valence electrons. The maximum Gasteiger partial charge on any atom is 0.291 e. The normalized spacial score (nSPS) is 18.2. The van der Waals surface area contributed by atoms with Gasteiger partial charge in [-0.25, -0.2) is 13.4 Å². The number of carbonyl (C=O) groups is 1. The number of hydrogen-bond donors (Lipinski definition) is 1. The molecule has 1 aliphatic rings. The molecule has 1 saturated heterocycles. The Morgan fingerprint density at radius 2 is 2.00 bits per heavy atom. The summed E-state index contributed by atoms with van der Waals surface area (Å²) < 4.78 is 33.3. The fourth-order valence-electron chi connectivity index (χ4n) is 3.00. The lowest BCUT2D eigenvalue weighted by Gasteiger charge is -2.32. The summed E-state index contributed by atoms with van der Waals surface area (Å²) in [6.45, 7) is 4.03. The van der Waals surface area contributed by atoms with Crippen molar-refractivity contribution in [2.45, 2.75) is 31.9 Å². The maximum atomic E-state index is 12.6. The van der Waals surface area contributed by atoms with Gasteiger partial charge in [0.2, 0.25) is 15.8 Å². The molecule has 0 aliphatic carbocycles. The number of piperidine rings is 1. The number of rotatable bonds is 4. The molecular formula is C17H21N3O4S. The maximum absolute atomic E-state index is 12.6. The van der Waals surface area contributed by atoms with Crippen molar-refractivity contribution in [1.82, 2.24) is 9.88 Å². The SMILES string of the molecule is Cc1nc(C)c(C(=O)N2CCC[C@@H](S(=O)(=O)Nc3ccccc3)C2)o1. The number of nitrogens with one attached hydrogen (secondary N) is 1. The molecular weight excluding hydrogens is 342 g/mol. The molecule has 1 atom stereocenters. The Morgan fingerprint density at radius 1 is 1.28 bits per heavy atom. The van der Waals surface area contributed by atoms with Crippen LogP contribution >= 0.6 is 0 Å². The van der Waals surface area contributed by atoms with Gasteiger partial charge in [0.15, 0.2) is 5.89 Å². The number of sulfonamides is 1. The molecule has 1 aromatic heterocycles. The number of aromatic nitrogens is 1. The Balaban J connectivity index is 1.74. The number of benzene rings is 1. The Bertz CT molecular complexity index is 861. The fraction of sp³-hybridized carbons (Fsp3) is 0.412. The predicted molar refractivity (Wildman–Crippen MR) is 93.9 cm³/mol. The minimum absolute atomic E-state index is 0.139. The van der Waals surface area contributed by atoms with Gasteiger partial charge in [0, 0.05) is 25.7 Å². The lowest BCUT2D eigenvalue weighted by atomic mass is 10.1. The molecule has 25 heavy (non-hydrogen) atoms. The Morgan fingerprint density at radius 3 is 2.64 bits per heavy atom. The number of para-hydroxylation sites is 1. The summed E-state index contributed by atoms with van der Waals surface area (Å²) in [4.78, 5) is 18.3. The van der Waals surface area contributed by atoms with E-state index >= 15 is 0 Å². The van der Waals surface area contributed by atoms with Crippen LogP contribution in [0.1, 0.15) is 35.0 Å². The molecule has 7 nitrogen and oxygen atoms in total. The molecule has 1 aromatic carbocycles. The third-order valence-corrected chi connectivity index (χ3v) is 6.02. The summed E-state index contributed by atoms with van der Waals surface area (Å²) in [5.74, 6) is 0.303. The van der Waals surface area contributed by atoms with Crippen LogP contribution in [0.5, 0.6) is 0 Å². The minimum Gasteiger partial charge on any atom is -0.436 e. The molecule has 1 amide bonds. The summed E-state index contributed by atoms with van der Waals surface area (Å²) in [5.41, 5.74) is 1.04. The average Bonchev–Trinajstić information content (AvgIpc) is 2.93. The lowest BCUT2D eigenvalue weighted by Crippen LogP contribution is -2.46. The zero-order valence-corrected chi connectivity index (χ0v) is 15.0. The Kier molecular flexibility index (Phi) is 4.80. The number of carbonyl (C=O) groups excluding carboxylic acids is 1. The van der Waals surface area contributed by atoms with Gasteiger partial charge in [0.25, 0.3) is 5.91 Å². The van der Waals surface area contributed by atoms with Crippen molar-refractivity contribution in [3.8, 4) is 0 Å². The molecule has 2 heterocycles. The third kappa shape index (κ3) is 3.84. The van der Waals surface area contributed by atoms with Gasteiger partial charge in [-0.2, -0.15) is 0 Å². The van der Waals surface area contributed by atoms with E-state index in [-0.39, 0.29) is 18.2 Å². The second-order valence-corrected chi connectivity index (χ2v) is 8.14. The van der Waals surface area contributed by atoms with Crippen molar-refractivity contribution in [2.75, 3.05) is 17.8 Å². The molecule has 1 aliphatic heterocycles. The van der Waals surface area contributed by atoms with Gasteiger partial charge in [-0.05, 0) is 31.9 Å². The quantitative estimate of drug-likeness (QED) is 0.900. The molecule has 0 saturated carbocycles. The largest absolute Gasteiger partial charge is 0.436 e. The standard InChI is InChI=1S/C17H21N3O4S/c1-12-16(24-13(2)18-12)17(21)20-10-6-9-15(11-20)25(22,23)19-14-7-4-3-5-8-14/h3-5,7-8,15,19H,6,9-11H2,1-2H3/t15-/m1/s1. The molecule has 0 radical (unpaired) electrons. The Labute approximate surface area is 147 Å². The predicted octanol–water partition coefficient (Wildman–Crippen LogP) is 2.34. The summed E-state index contributed by atoms with van der Waals surface area (Å²) >= 11 is 0. The van der Waals surface area contributed by atoms with Gasteiger partial charge >= 0.3 is 0 Å². The van der Waals surface area contributed by atoms with Crippen LogP contribution in [0, 0.1) is 13.8 Å². The van der Waals surface area contributed by atoms with Gasteiger partial charge in [0.1, 0.15) is 0 Å². The van der Waals surface area contributed by atoms with E-state index in [2.05, 4.69) is 9.71 Å². The highest BCUT2D eigenvalue weighted by molar-refractivity contribution is 7.93. The van der Waals surface area contributed by atoms with Crippen LogP contribution < -0.4 is 4.72 Å². The smallest absolute Gasteiger partial charge is 0.291 e. The summed E-state index contributed by atoms with van der Waals surface area (Å²) in [7, 11) is -3.58. The van der Waals surface area contributed by atoms with Crippen LogP contribution in [-0.4, -0.2) is 42.5 Å². The number of hydrogen-bond acceptors (Lipinski definition) is 5. The lowest BCUT2D eigenvalue weighted by molar-refractivity contribution is 0.0692. The second kappa shape index (κ2) is 6.87. The molecule has 0 unspecified atom stereocenters. The summed E-state index contributed by atoms with van der Waals surface area (Å²) in [5, 5.41) is -0.658.